The summed E-state index contributed by atoms with van der Waals surface area (Å²) in [5.74, 6) is 0. The Labute approximate surface area is 124 Å². The fourth-order valence-corrected chi connectivity index (χ4v) is 3.77. The van der Waals surface area contributed by atoms with Crippen LogP contribution in [-0.4, -0.2) is 17.8 Å². The molecule has 1 aromatic rings. The molecule has 1 saturated carbocycles. The van der Waals surface area contributed by atoms with Gasteiger partial charge in [0.1, 0.15) is 0 Å². The molecule has 1 aromatic carbocycles. The molecule has 0 spiro atoms. The van der Waals surface area contributed by atoms with E-state index in [0.29, 0.717) is 5.25 Å². The molecule has 1 unspecified atom stereocenters. The van der Waals surface area contributed by atoms with Gasteiger partial charge in [-0.05, 0) is 31.0 Å². The molecule has 0 amide bonds. The first-order valence-corrected chi connectivity index (χ1v) is 8.14. The summed E-state index contributed by atoms with van der Waals surface area (Å²) in [6, 6.07) is 6.36. The predicted octanol–water partition coefficient (Wildman–Crippen LogP) is 5.01. The molecule has 1 nitrogen and oxygen atoms in total. The van der Waals surface area contributed by atoms with Gasteiger partial charge in [0.15, 0.2) is 0 Å². The molecule has 0 aliphatic heterocycles. The Morgan fingerprint density at radius 2 is 2.06 bits per heavy atom. The molecule has 4 heteroatoms. The number of halogens is 2. The molecule has 1 aliphatic carbocycles. The van der Waals surface area contributed by atoms with E-state index in [-0.39, 0.29) is 0 Å². The van der Waals surface area contributed by atoms with Crippen LogP contribution in [0.25, 0.3) is 0 Å². The maximum absolute atomic E-state index is 6.17. The van der Waals surface area contributed by atoms with Crippen LogP contribution in [0.15, 0.2) is 23.1 Å². The second-order valence-corrected chi connectivity index (χ2v) is 7.22. The van der Waals surface area contributed by atoms with Crippen molar-refractivity contribution in [1.82, 2.24) is 5.32 Å². The van der Waals surface area contributed by atoms with Crippen LogP contribution in [0.5, 0.6) is 0 Å². The minimum atomic E-state index is 0.501. The monoisotopic (exact) mass is 303 g/mol. The van der Waals surface area contributed by atoms with Gasteiger partial charge in [-0.3, -0.25) is 0 Å². The van der Waals surface area contributed by atoms with Crippen LogP contribution in [0.1, 0.15) is 32.6 Å². The fraction of sp³-hybridized carbons (Fsp3) is 0.571. The van der Waals surface area contributed by atoms with E-state index in [2.05, 4.69) is 12.2 Å². The van der Waals surface area contributed by atoms with Crippen molar-refractivity contribution in [2.45, 2.75) is 48.8 Å². The summed E-state index contributed by atoms with van der Waals surface area (Å²) in [5.41, 5.74) is 0. The highest BCUT2D eigenvalue weighted by molar-refractivity contribution is 8.00. The van der Waals surface area contributed by atoms with Gasteiger partial charge in [0.05, 0.1) is 5.02 Å². The van der Waals surface area contributed by atoms with Crippen molar-refractivity contribution in [3.63, 3.8) is 0 Å². The van der Waals surface area contributed by atoms with Gasteiger partial charge in [-0.2, -0.15) is 0 Å². The molecule has 0 radical (unpaired) electrons. The number of benzene rings is 1. The third-order valence-corrected chi connectivity index (χ3v) is 5.11. The molecule has 0 heterocycles. The quantitative estimate of drug-likeness (QED) is 0.768. The zero-order valence-electron chi connectivity index (χ0n) is 10.6. The van der Waals surface area contributed by atoms with Gasteiger partial charge in [-0.1, -0.05) is 43.0 Å². The average molecular weight is 304 g/mol. The topological polar surface area (TPSA) is 12.0 Å². The third-order valence-electron chi connectivity index (χ3n) is 3.27. The average Bonchev–Trinajstić information content (AvgIpc) is 2.84. The smallest absolute Gasteiger partial charge is 0.0543 e. The number of rotatable bonds is 5. The lowest BCUT2D eigenvalue weighted by atomic mass is 10.2. The zero-order valence-corrected chi connectivity index (χ0v) is 12.9. The van der Waals surface area contributed by atoms with Crippen molar-refractivity contribution in [2.75, 3.05) is 6.54 Å². The summed E-state index contributed by atoms with van der Waals surface area (Å²) >= 11 is 13.9. The molecular weight excluding hydrogens is 285 g/mol. The minimum absolute atomic E-state index is 0.501. The fourth-order valence-electron chi connectivity index (χ4n) is 2.29. The van der Waals surface area contributed by atoms with E-state index < -0.39 is 0 Å². The largest absolute Gasteiger partial charge is 0.313 e. The highest BCUT2D eigenvalue weighted by Gasteiger charge is 2.15. The molecule has 1 fully saturated rings. The lowest BCUT2D eigenvalue weighted by Crippen LogP contribution is -2.31. The standard InChI is InChI=1S/C14H19Cl2NS/c1-10(9-17-12-4-2-3-5-12)18-14-8-11(15)6-7-13(14)16/h6-8,10,12,17H,2-5,9H2,1H3. The molecule has 0 saturated heterocycles. The highest BCUT2D eigenvalue weighted by Crippen LogP contribution is 2.32. The Morgan fingerprint density at radius 1 is 1.33 bits per heavy atom. The van der Waals surface area contributed by atoms with Gasteiger partial charge >= 0.3 is 0 Å². The van der Waals surface area contributed by atoms with E-state index >= 15 is 0 Å². The molecular formula is C14H19Cl2NS. The molecule has 1 aliphatic rings. The van der Waals surface area contributed by atoms with Crippen molar-refractivity contribution in [2.24, 2.45) is 0 Å². The first-order chi connectivity index (χ1) is 8.65. The van der Waals surface area contributed by atoms with Crippen LogP contribution >= 0.6 is 35.0 Å². The zero-order chi connectivity index (χ0) is 13.0. The second kappa shape index (κ2) is 7.04. The maximum Gasteiger partial charge on any atom is 0.0543 e. The van der Waals surface area contributed by atoms with Crippen LogP contribution in [0.2, 0.25) is 10.0 Å². The Balaban J connectivity index is 1.82. The van der Waals surface area contributed by atoms with Gasteiger partial charge in [0, 0.05) is 27.8 Å². The molecule has 2 rings (SSSR count). The van der Waals surface area contributed by atoms with Gasteiger partial charge < -0.3 is 5.32 Å². The van der Waals surface area contributed by atoms with Crippen LogP contribution in [-0.2, 0) is 0 Å². The lowest BCUT2D eigenvalue weighted by molar-refractivity contribution is 0.527. The van der Waals surface area contributed by atoms with Crippen LogP contribution in [0.4, 0.5) is 0 Å². The van der Waals surface area contributed by atoms with Gasteiger partial charge in [-0.15, -0.1) is 11.8 Å². The van der Waals surface area contributed by atoms with Crippen molar-refractivity contribution in [3.05, 3.63) is 28.2 Å². The summed E-state index contributed by atoms with van der Waals surface area (Å²) in [6.07, 6.45) is 5.41. The highest BCUT2D eigenvalue weighted by atomic mass is 35.5. The van der Waals surface area contributed by atoms with Crippen molar-refractivity contribution >= 4 is 35.0 Å². The van der Waals surface area contributed by atoms with E-state index in [1.807, 2.05) is 18.2 Å². The number of thioether (sulfide) groups is 1. The minimum Gasteiger partial charge on any atom is -0.313 e. The summed E-state index contributed by atoms with van der Waals surface area (Å²) in [7, 11) is 0. The van der Waals surface area contributed by atoms with Gasteiger partial charge in [0.25, 0.3) is 0 Å². The van der Waals surface area contributed by atoms with E-state index in [0.717, 1.165) is 27.5 Å². The third kappa shape index (κ3) is 4.34. The summed E-state index contributed by atoms with van der Waals surface area (Å²) in [5, 5.41) is 5.68. The van der Waals surface area contributed by atoms with Crippen molar-refractivity contribution in [1.29, 1.82) is 0 Å². The normalized spacial score (nSPS) is 18.2. The van der Waals surface area contributed by atoms with E-state index in [1.54, 1.807) is 11.8 Å². The number of nitrogens with one attached hydrogen (secondary N) is 1. The van der Waals surface area contributed by atoms with E-state index in [1.165, 1.54) is 25.7 Å². The van der Waals surface area contributed by atoms with E-state index in [4.69, 9.17) is 23.2 Å². The Morgan fingerprint density at radius 3 is 2.78 bits per heavy atom. The lowest BCUT2D eigenvalue weighted by Gasteiger charge is -2.17. The Bertz CT molecular complexity index is 391. The number of hydrogen-bond donors (Lipinski definition) is 1. The molecule has 18 heavy (non-hydrogen) atoms. The Kier molecular flexibility index (Phi) is 5.68. The van der Waals surface area contributed by atoms with Crippen molar-refractivity contribution in [3.8, 4) is 0 Å². The predicted molar refractivity (Wildman–Crippen MR) is 82.0 cm³/mol. The van der Waals surface area contributed by atoms with E-state index in [9.17, 15) is 0 Å². The SMILES string of the molecule is CC(CNC1CCCC1)Sc1cc(Cl)ccc1Cl. The maximum atomic E-state index is 6.17. The van der Waals surface area contributed by atoms with Crippen LogP contribution in [0.3, 0.4) is 0 Å². The van der Waals surface area contributed by atoms with Crippen LogP contribution in [0, 0.1) is 0 Å². The van der Waals surface area contributed by atoms with Crippen LogP contribution < -0.4 is 5.32 Å². The summed E-state index contributed by atoms with van der Waals surface area (Å²) < 4.78 is 0. The summed E-state index contributed by atoms with van der Waals surface area (Å²) in [6.45, 7) is 3.25. The van der Waals surface area contributed by atoms with Crippen molar-refractivity contribution < 1.29 is 0 Å². The molecule has 1 N–H and O–H groups in total. The molecule has 0 aromatic heterocycles. The molecule has 0 bridgehead atoms. The first-order valence-electron chi connectivity index (χ1n) is 6.50. The molecule has 1 atom stereocenters. The van der Waals surface area contributed by atoms with Gasteiger partial charge in [-0.25, -0.2) is 0 Å². The molecule has 100 valence electrons. The summed E-state index contributed by atoms with van der Waals surface area (Å²) in [4.78, 5) is 1.07. The second-order valence-electron chi connectivity index (χ2n) is 4.89. The van der Waals surface area contributed by atoms with Gasteiger partial charge in [0.2, 0.25) is 0 Å². The number of hydrogen-bond acceptors (Lipinski definition) is 2. The Hall–Kier alpha value is 0.110. The first kappa shape index (κ1) is 14.5.